The molecule has 0 spiro atoms. The predicted octanol–water partition coefficient (Wildman–Crippen LogP) is 2.16. The van der Waals surface area contributed by atoms with Crippen molar-refractivity contribution in [3.63, 3.8) is 0 Å². The lowest BCUT2D eigenvalue weighted by molar-refractivity contribution is 0.0731. The predicted molar refractivity (Wildman–Crippen MR) is 81.2 cm³/mol. The van der Waals surface area contributed by atoms with E-state index < -0.39 is 0 Å². The lowest BCUT2D eigenvalue weighted by Crippen LogP contribution is -2.39. The number of amides is 1. The zero-order valence-electron chi connectivity index (χ0n) is 12.4. The monoisotopic (exact) mass is 297 g/mol. The van der Waals surface area contributed by atoms with Crippen molar-refractivity contribution in [3.05, 3.63) is 54.2 Å². The zero-order chi connectivity index (χ0) is 14.9. The summed E-state index contributed by atoms with van der Waals surface area (Å²) in [6, 6.07) is 8.56. The number of fused-ring (bicyclic) bond motifs is 1. The molecule has 2 aromatic heterocycles. The van der Waals surface area contributed by atoms with Crippen LogP contribution in [-0.2, 0) is 6.54 Å². The van der Waals surface area contributed by atoms with Gasteiger partial charge in [0.25, 0.3) is 5.91 Å². The number of rotatable bonds is 3. The maximum absolute atomic E-state index is 12.6. The van der Waals surface area contributed by atoms with E-state index in [4.69, 9.17) is 4.42 Å². The molecule has 0 saturated carbocycles. The van der Waals surface area contributed by atoms with Crippen LogP contribution in [0.1, 0.15) is 28.9 Å². The standard InChI is InChI=1S/C17H19N3O2/c21-17(13-6-10-22-12-13)20-9-5-15-16(20)4-8-19(15)11-14-3-1-2-7-18-14/h1-3,6-7,10,12,15-16H,4-5,8-9,11H2/t15-,16+/m1/s1. The number of hydrogen-bond donors (Lipinski definition) is 0. The van der Waals surface area contributed by atoms with E-state index in [0.29, 0.717) is 17.6 Å². The van der Waals surface area contributed by atoms with Crippen LogP contribution in [0.5, 0.6) is 0 Å². The largest absolute Gasteiger partial charge is 0.472 e. The molecule has 2 aliphatic heterocycles. The van der Waals surface area contributed by atoms with Crippen molar-refractivity contribution in [2.24, 2.45) is 0 Å². The molecule has 0 aromatic carbocycles. The minimum absolute atomic E-state index is 0.0981. The number of carbonyl (C=O) groups excluding carboxylic acids is 1. The molecule has 22 heavy (non-hydrogen) atoms. The van der Waals surface area contributed by atoms with Crippen LogP contribution >= 0.6 is 0 Å². The average Bonchev–Trinajstić information content (AvgIpc) is 3.26. The van der Waals surface area contributed by atoms with Crippen LogP contribution < -0.4 is 0 Å². The maximum atomic E-state index is 12.6. The van der Waals surface area contributed by atoms with Crippen molar-refractivity contribution in [2.45, 2.75) is 31.5 Å². The summed E-state index contributed by atoms with van der Waals surface area (Å²) in [7, 11) is 0. The van der Waals surface area contributed by atoms with Gasteiger partial charge in [0, 0.05) is 37.9 Å². The zero-order valence-corrected chi connectivity index (χ0v) is 12.4. The topological polar surface area (TPSA) is 49.6 Å². The van der Waals surface area contributed by atoms with Gasteiger partial charge in [-0.3, -0.25) is 14.7 Å². The molecule has 4 rings (SSSR count). The molecule has 114 valence electrons. The van der Waals surface area contributed by atoms with Gasteiger partial charge in [-0.05, 0) is 31.0 Å². The third-order valence-corrected chi connectivity index (χ3v) is 4.81. The fraction of sp³-hybridized carbons (Fsp3) is 0.412. The highest BCUT2D eigenvalue weighted by Crippen LogP contribution is 2.33. The first-order valence-corrected chi connectivity index (χ1v) is 7.80. The van der Waals surface area contributed by atoms with E-state index in [9.17, 15) is 4.79 Å². The van der Waals surface area contributed by atoms with Crippen molar-refractivity contribution < 1.29 is 9.21 Å². The van der Waals surface area contributed by atoms with E-state index in [1.54, 1.807) is 12.3 Å². The highest BCUT2D eigenvalue weighted by atomic mass is 16.3. The summed E-state index contributed by atoms with van der Waals surface area (Å²) in [6.45, 7) is 2.73. The molecule has 2 aromatic rings. The summed E-state index contributed by atoms with van der Waals surface area (Å²) in [4.78, 5) is 21.5. The first kappa shape index (κ1) is 13.5. The van der Waals surface area contributed by atoms with Crippen molar-refractivity contribution in [1.29, 1.82) is 0 Å². The number of aromatic nitrogens is 1. The molecule has 1 amide bonds. The first-order chi connectivity index (χ1) is 10.8. The Hall–Kier alpha value is -2.14. The summed E-state index contributed by atoms with van der Waals surface area (Å²) in [5.74, 6) is 0.0981. The van der Waals surface area contributed by atoms with Crippen LogP contribution in [0.25, 0.3) is 0 Å². The van der Waals surface area contributed by atoms with Crippen molar-refractivity contribution in [3.8, 4) is 0 Å². The third kappa shape index (κ3) is 2.31. The van der Waals surface area contributed by atoms with Gasteiger partial charge in [-0.1, -0.05) is 6.07 Å². The molecule has 0 N–H and O–H groups in total. The Bertz CT molecular complexity index is 641. The Balaban J connectivity index is 1.46. The smallest absolute Gasteiger partial charge is 0.257 e. The molecule has 2 fully saturated rings. The molecular formula is C17H19N3O2. The second-order valence-corrected chi connectivity index (χ2v) is 6.01. The van der Waals surface area contributed by atoms with E-state index in [0.717, 1.165) is 38.2 Å². The number of nitrogens with zero attached hydrogens (tertiary/aromatic N) is 3. The number of furan rings is 1. The number of pyridine rings is 1. The van der Waals surface area contributed by atoms with Crippen molar-refractivity contribution in [2.75, 3.05) is 13.1 Å². The lowest BCUT2D eigenvalue weighted by Gasteiger charge is -2.25. The van der Waals surface area contributed by atoms with Crippen LogP contribution in [0, 0.1) is 0 Å². The highest BCUT2D eigenvalue weighted by molar-refractivity contribution is 5.94. The van der Waals surface area contributed by atoms with Crippen LogP contribution in [0.3, 0.4) is 0 Å². The van der Waals surface area contributed by atoms with E-state index in [-0.39, 0.29) is 5.91 Å². The van der Waals surface area contributed by atoms with Gasteiger partial charge < -0.3 is 9.32 Å². The van der Waals surface area contributed by atoms with Gasteiger partial charge >= 0.3 is 0 Å². The molecule has 2 saturated heterocycles. The molecule has 4 heterocycles. The summed E-state index contributed by atoms with van der Waals surface area (Å²) in [5, 5.41) is 0. The quantitative estimate of drug-likeness (QED) is 0.871. The first-order valence-electron chi connectivity index (χ1n) is 7.80. The third-order valence-electron chi connectivity index (χ3n) is 4.81. The average molecular weight is 297 g/mol. The Morgan fingerprint density at radius 2 is 2.14 bits per heavy atom. The second-order valence-electron chi connectivity index (χ2n) is 6.01. The van der Waals surface area contributed by atoms with Crippen LogP contribution in [0.2, 0.25) is 0 Å². The van der Waals surface area contributed by atoms with Gasteiger partial charge in [-0.2, -0.15) is 0 Å². The summed E-state index contributed by atoms with van der Waals surface area (Å²) >= 11 is 0. The molecule has 2 aliphatic rings. The highest BCUT2D eigenvalue weighted by Gasteiger charge is 2.44. The van der Waals surface area contributed by atoms with Gasteiger partial charge in [0.15, 0.2) is 0 Å². The van der Waals surface area contributed by atoms with E-state index in [2.05, 4.69) is 16.0 Å². The van der Waals surface area contributed by atoms with E-state index in [1.165, 1.54) is 6.26 Å². The SMILES string of the molecule is O=C(c1ccoc1)N1CC[C@@H]2[C@@H]1CCN2Cc1ccccn1. The Morgan fingerprint density at radius 1 is 1.23 bits per heavy atom. The van der Waals surface area contributed by atoms with Gasteiger partial charge in [0.2, 0.25) is 0 Å². The van der Waals surface area contributed by atoms with Gasteiger partial charge in [0.1, 0.15) is 6.26 Å². The lowest BCUT2D eigenvalue weighted by atomic mass is 10.1. The number of hydrogen-bond acceptors (Lipinski definition) is 4. The molecule has 0 bridgehead atoms. The molecule has 5 nitrogen and oxygen atoms in total. The minimum atomic E-state index is 0.0981. The van der Waals surface area contributed by atoms with Crippen LogP contribution in [-0.4, -0.2) is 45.9 Å². The maximum Gasteiger partial charge on any atom is 0.257 e. The fourth-order valence-corrected chi connectivity index (χ4v) is 3.78. The van der Waals surface area contributed by atoms with Crippen LogP contribution in [0.4, 0.5) is 0 Å². The normalized spacial score (nSPS) is 24.6. The number of likely N-dealkylation sites (tertiary alicyclic amines) is 2. The van der Waals surface area contributed by atoms with Crippen LogP contribution in [0.15, 0.2) is 47.4 Å². The van der Waals surface area contributed by atoms with Gasteiger partial charge in [-0.25, -0.2) is 0 Å². The molecule has 0 radical (unpaired) electrons. The van der Waals surface area contributed by atoms with E-state index in [1.807, 2.05) is 23.2 Å². The fourth-order valence-electron chi connectivity index (χ4n) is 3.78. The molecular weight excluding hydrogens is 278 g/mol. The minimum Gasteiger partial charge on any atom is -0.472 e. The van der Waals surface area contributed by atoms with Crippen molar-refractivity contribution in [1.82, 2.24) is 14.8 Å². The Morgan fingerprint density at radius 3 is 2.91 bits per heavy atom. The summed E-state index contributed by atoms with van der Waals surface area (Å²) in [6.07, 6.45) is 7.02. The summed E-state index contributed by atoms with van der Waals surface area (Å²) < 4.78 is 5.04. The molecule has 0 unspecified atom stereocenters. The number of carbonyl (C=O) groups is 1. The molecule has 0 aliphatic carbocycles. The van der Waals surface area contributed by atoms with Gasteiger partial charge in [0.05, 0.1) is 17.5 Å². The second kappa shape index (κ2) is 5.57. The molecule has 5 heteroatoms. The van der Waals surface area contributed by atoms with E-state index >= 15 is 0 Å². The summed E-state index contributed by atoms with van der Waals surface area (Å²) in [5.41, 5.74) is 1.76. The Kier molecular flexibility index (Phi) is 3.42. The van der Waals surface area contributed by atoms with Crippen molar-refractivity contribution >= 4 is 5.91 Å². The van der Waals surface area contributed by atoms with Gasteiger partial charge in [-0.15, -0.1) is 0 Å². The Labute approximate surface area is 129 Å². The molecule has 2 atom stereocenters.